The molecule has 127 valence electrons. The van der Waals surface area contributed by atoms with Gasteiger partial charge in [-0.1, -0.05) is 12.1 Å². The summed E-state index contributed by atoms with van der Waals surface area (Å²) in [7, 11) is 1.41. The van der Waals surface area contributed by atoms with E-state index < -0.39 is 6.03 Å². The number of rotatable bonds is 3. The van der Waals surface area contributed by atoms with Crippen molar-refractivity contribution in [1.29, 1.82) is 0 Å². The standard InChI is InChI=1S/C9H11N3O3.C5H5N.Co.H2O/c1-15-7-4-2-3-6(8(7)13)5-11-12-9(10)14;1-2-4-6-5-3-1;;/h2-5,11H,1H3,(H3,10,12,14);1-5H;;1H2/b6-5-;;;. The second-order valence-electron chi connectivity index (χ2n) is 3.68. The number of ketones is 1. The zero-order valence-corrected chi connectivity index (χ0v) is 13.3. The molecule has 1 radical (unpaired) electrons. The van der Waals surface area contributed by atoms with E-state index in [1.807, 2.05) is 18.2 Å². The van der Waals surface area contributed by atoms with E-state index in [0.717, 1.165) is 0 Å². The Kier molecular flexibility index (Phi) is 12.9. The maximum Gasteiger partial charge on any atom is 0.330 e. The van der Waals surface area contributed by atoms with E-state index in [0.29, 0.717) is 5.57 Å². The van der Waals surface area contributed by atoms with Gasteiger partial charge in [0.2, 0.25) is 5.78 Å². The van der Waals surface area contributed by atoms with Crippen molar-refractivity contribution in [2.75, 3.05) is 7.11 Å². The van der Waals surface area contributed by atoms with E-state index in [4.69, 9.17) is 10.5 Å². The number of primary amides is 1. The van der Waals surface area contributed by atoms with Crippen LogP contribution in [-0.2, 0) is 26.3 Å². The van der Waals surface area contributed by atoms with E-state index in [1.165, 1.54) is 13.3 Å². The predicted octanol–water partition coefficient (Wildman–Crippen LogP) is -0.0332. The number of aromatic nitrogens is 1. The number of methoxy groups -OCH3 is 1. The van der Waals surface area contributed by atoms with Crippen LogP contribution in [0, 0.1) is 0 Å². The van der Waals surface area contributed by atoms with Gasteiger partial charge >= 0.3 is 6.03 Å². The zero-order valence-electron chi connectivity index (χ0n) is 12.3. The van der Waals surface area contributed by atoms with E-state index in [2.05, 4.69) is 15.8 Å². The van der Waals surface area contributed by atoms with Crippen LogP contribution < -0.4 is 16.6 Å². The number of nitrogens with two attached hydrogens (primary N) is 1. The number of hydrazine groups is 1. The van der Waals surface area contributed by atoms with E-state index in [1.54, 1.807) is 30.6 Å². The summed E-state index contributed by atoms with van der Waals surface area (Å²) in [5, 5.41) is 0. The maximum atomic E-state index is 11.5. The van der Waals surface area contributed by atoms with E-state index >= 15 is 0 Å². The number of urea groups is 1. The molecule has 0 saturated heterocycles. The molecule has 23 heavy (non-hydrogen) atoms. The molecule has 0 aromatic carbocycles. The maximum absolute atomic E-state index is 11.5. The summed E-state index contributed by atoms with van der Waals surface area (Å²) in [6.07, 6.45) is 9.63. The topological polar surface area (TPSA) is 138 Å². The first-order chi connectivity index (χ1) is 10.1. The van der Waals surface area contributed by atoms with Gasteiger partial charge in [-0.25, -0.2) is 4.79 Å². The summed E-state index contributed by atoms with van der Waals surface area (Å²) < 4.78 is 4.84. The van der Waals surface area contributed by atoms with Gasteiger partial charge in [-0.05, 0) is 24.3 Å². The number of nitrogens with one attached hydrogen (secondary N) is 2. The van der Waals surface area contributed by atoms with Crippen molar-refractivity contribution in [2.45, 2.75) is 0 Å². The zero-order chi connectivity index (χ0) is 15.5. The van der Waals surface area contributed by atoms with Gasteiger partial charge in [0.15, 0.2) is 5.76 Å². The number of nitrogens with zero attached hydrogens (tertiary/aromatic N) is 1. The summed E-state index contributed by atoms with van der Waals surface area (Å²) in [6, 6.07) is 4.98. The number of carbonyl (C=O) groups is 2. The molecule has 0 atom stereocenters. The summed E-state index contributed by atoms with van der Waals surface area (Å²) in [6.45, 7) is 0. The minimum atomic E-state index is -0.735. The summed E-state index contributed by atoms with van der Waals surface area (Å²) in [5.41, 5.74) is 9.68. The molecule has 2 amide bonds. The molecular weight excluding hydrogens is 347 g/mol. The molecular formula is C14H18CoN4O4. The van der Waals surface area contributed by atoms with E-state index in [9.17, 15) is 9.59 Å². The molecule has 0 aliphatic heterocycles. The van der Waals surface area contributed by atoms with Gasteiger partial charge in [-0.15, -0.1) is 0 Å². The molecule has 0 fully saturated rings. The molecule has 1 aliphatic carbocycles. The first-order valence-corrected chi connectivity index (χ1v) is 5.98. The molecule has 0 bridgehead atoms. The van der Waals surface area contributed by atoms with Crippen molar-refractivity contribution in [3.05, 3.63) is 66.4 Å². The third-order valence-corrected chi connectivity index (χ3v) is 2.22. The predicted molar refractivity (Wildman–Crippen MR) is 81.0 cm³/mol. The Bertz CT molecular complexity index is 547. The molecule has 6 N–H and O–H groups in total. The smallest absolute Gasteiger partial charge is 0.330 e. The Morgan fingerprint density at radius 2 is 1.96 bits per heavy atom. The van der Waals surface area contributed by atoms with Crippen LogP contribution >= 0.6 is 0 Å². The molecule has 1 aliphatic rings. The minimum Gasteiger partial charge on any atom is -0.493 e. The van der Waals surface area contributed by atoms with Crippen molar-refractivity contribution in [2.24, 2.45) is 5.73 Å². The number of ether oxygens (including phenoxy) is 1. The van der Waals surface area contributed by atoms with E-state index in [-0.39, 0.29) is 33.8 Å². The van der Waals surface area contributed by atoms with Crippen LogP contribution in [0.5, 0.6) is 0 Å². The molecule has 0 spiro atoms. The first-order valence-electron chi connectivity index (χ1n) is 5.98. The molecule has 1 heterocycles. The Hall–Kier alpha value is -2.62. The van der Waals surface area contributed by atoms with Crippen molar-refractivity contribution >= 4 is 11.8 Å². The number of carbonyl (C=O) groups excluding carboxylic acids is 2. The van der Waals surface area contributed by atoms with Crippen LogP contribution in [0.2, 0.25) is 0 Å². The van der Waals surface area contributed by atoms with Crippen LogP contribution in [0.25, 0.3) is 0 Å². The Morgan fingerprint density at radius 3 is 2.39 bits per heavy atom. The first kappa shape index (κ1) is 22.7. The van der Waals surface area contributed by atoms with Crippen molar-refractivity contribution < 1.29 is 36.6 Å². The molecule has 8 nitrogen and oxygen atoms in total. The minimum absolute atomic E-state index is 0. The molecule has 1 aromatic heterocycles. The largest absolute Gasteiger partial charge is 0.493 e. The van der Waals surface area contributed by atoms with Crippen molar-refractivity contribution in [1.82, 2.24) is 15.8 Å². The number of pyridine rings is 1. The second-order valence-corrected chi connectivity index (χ2v) is 3.68. The third-order valence-electron chi connectivity index (χ3n) is 2.22. The van der Waals surface area contributed by atoms with Gasteiger partial charge in [0.25, 0.3) is 0 Å². The van der Waals surface area contributed by atoms with Crippen LogP contribution in [0.15, 0.2) is 66.4 Å². The molecule has 1 aromatic rings. The summed E-state index contributed by atoms with van der Waals surface area (Å²) >= 11 is 0. The van der Waals surface area contributed by atoms with Gasteiger partial charge in [-0.2, -0.15) is 0 Å². The Morgan fingerprint density at radius 1 is 1.30 bits per heavy atom. The molecule has 0 saturated carbocycles. The molecule has 0 unspecified atom stereocenters. The average Bonchev–Trinajstić information content (AvgIpc) is 2.51. The van der Waals surface area contributed by atoms with Crippen LogP contribution in [0.1, 0.15) is 0 Å². The number of hydrogen-bond donors (Lipinski definition) is 3. The monoisotopic (exact) mass is 365 g/mol. The third kappa shape index (κ3) is 9.09. The fraction of sp³-hybridized carbons (Fsp3) is 0.0714. The van der Waals surface area contributed by atoms with Gasteiger partial charge in [0.05, 0.1) is 7.11 Å². The average molecular weight is 365 g/mol. The fourth-order valence-electron chi connectivity index (χ4n) is 1.30. The van der Waals surface area contributed by atoms with Crippen LogP contribution in [-0.4, -0.2) is 29.4 Å². The van der Waals surface area contributed by atoms with Crippen LogP contribution in [0.3, 0.4) is 0 Å². The quantitative estimate of drug-likeness (QED) is 0.510. The second kappa shape index (κ2) is 13.1. The number of amides is 2. The number of hydrogen-bond acceptors (Lipinski definition) is 5. The van der Waals surface area contributed by atoms with Crippen molar-refractivity contribution in [3.63, 3.8) is 0 Å². The van der Waals surface area contributed by atoms with Gasteiger partial charge in [0, 0.05) is 40.9 Å². The normalized spacial score (nSPS) is 13.3. The van der Waals surface area contributed by atoms with Crippen LogP contribution in [0.4, 0.5) is 4.79 Å². The van der Waals surface area contributed by atoms with Crippen molar-refractivity contribution in [3.8, 4) is 0 Å². The van der Waals surface area contributed by atoms with Gasteiger partial charge in [-0.3, -0.25) is 15.2 Å². The van der Waals surface area contributed by atoms with Gasteiger partial charge < -0.3 is 21.4 Å². The fourth-order valence-corrected chi connectivity index (χ4v) is 1.30. The number of allylic oxidation sites excluding steroid dienone is 4. The summed E-state index contributed by atoms with van der Waals surface area (Å²) in [5.74, 6) is -0.0246. The number of Topliss-reactive ketones (excluding diaryl/α,β-unsaturated/α-hetero) is 1. The SMILES string of the molecule is COC1=CC=C/C(=C/NNC(N)=O)C1=O.O.[Co].c1ccncc1. The van der Waals surface area contributed by atoms with Gasteiger partial charge in [0.1, 0.15) is 0 Å². The molecule has 2 rings (SSSR count). The molecule has 9 heteroatoms. The Balaban J connectivity index is 0. The summed E-state index contributed by atoms with van der Waals surface area (Å²) in [4.78, 5) is 25.6. The Labute approximate surface area is 144 Å².